The molecule has 0 spiro atoms. The Bertz CT molecular complexity index is 682. The molecule has 2 heterocycles. The number of nitrogens with zero attached hydrogens (tertiary/aromatic N) is 2. The molecule has 6 heteroatoms. The maximum absolute atomic E-state index is 12.7. The second kappa shape index (κ2) is 6.91. The molecule has 1 amide bonds. The van der Waals surface area contributed by atoms with Crippen LogP contribution in [0.4, 0.5) is 0 Å². The lowest BCUT2D eigenvalue weighted by Crippen LogP contribution is -2.48. The Morgan fingerprint density at radius 3 is 2.70 bits per heavy atom. The molecule has 1 aromatic heterocycles. The summed E-state index contributed by atoms with van der Waals surface area (Å²) in [4.78, 5) is 30.5. The van der Waals surface area contributed by atoms with Crippen LogP contribution in [0.3, 0.4) is 0 Å². The summed E-state index contributed by atoms with van der Waals surface area (Å²) in [5.41, 5.74) is 4.24. The van der Waals surface area contributed by atoms with Gasteiger partial charge in [0.15, 0.2) is 0 Å². The molecule has 2 aromatic rings. The molecule has 1 saturated heterocycles. The molecule has 5 nitrogen and oxygen atoms in total. The van der Waals surface area contributed by atoms with Crippen LogP contribution in [0.1, 0.15) is 29.6 Å². The fourth-order valence-corrected chi connectivity index (χ4v) is 3.42. The van der Waals surface area contributed by atoms with Crippen LogP contribution in [-0.2, 0) is 9.53 Å². The molecule has 120 valence electrons. The molecule has 0 saturated carbocycles. The summed E-state index contributed by atoms with van der Waals surface area (Å²) >= 11 is 1.54. The quantitative estimate of drug-likeness (QED) is 0.812. The first-order valence-corrected chi connectivity index (χ1v) is 8.52. The van der Waals surface area contributed by atoms with E-state index in [-0.39, 0.29) is 11.9 Å². The Kier molecular flexibility index (Phi) is 4.71. The van der Waals surface area contributed by atoms with Gasteiger partial charge in [-0.2, -0.15) is 0 Å². The van der Waals surface area contributed by atoms with Crippen LogP contribution in [0.2, 0.25) is 0 Å². The number of aromatic nitrogens is 1. The number of carbonyl (C=O) groups excluding carboxylic acids is 2. The number of ether oxygens (including phenoxy) is 1. The minimum Gasteiger partial charge on any atom is -0.467 e. The van der Waals surface area contributed by atoms with Crippen molar-refractivity contribution in [3.05, 3.63) is 40.7 Å². The number of piperidine rings is 1. The number of methoxy groups -OCH3 is 1. The van der Waals surface area contributed by atoms with Crippen molar-refractivity contribution in [3.8, 4) is 11.3 Å². The van der Waals surface area contributed by atoms with Crippen LogP contribution < -0.4 is 0 Å². The molecular weight excluding hydrogens is 312 g/mol. The van der Waals surface area contributed by atoms with Gasteiger partial charge < -0.3 is 9.64 Å². The molecule has 1 aromatic carbocycles. The number of rotatable bonds is 3. The number of carbonyl (C=O) groups is 2. The average Bonchev–Trinajstić information content (AvgIpc) is 3.15. The molecular formula is C17H18N2O3S. The summed E-state index contributed by atoms with van der Waals surface area (Å²) in [5.74, 6) is -0.456. The van der Waals surface area contributed by atoms with Crippen molar-refractivity contribution in [2.24, 2.45) is 0 Å². The van der Waals surface area contributed by atoms with E-state index in [1.807, 2.05) is 17.5 Å². The molecule has 0 radical (unpaired) electrons. The van der Waals surface area contributed by atoms with E-state index in [4.69, 9.17) is 4.74 Å². The Labute approximate surface area is 138 Å². The van der Waals surface area contributed by atoms with Gasteiger partial charge in [-0.25, -0.2) is 9.78 Å². The minimum absolute atomic E-state index is 0.120. The number of amides is 1. The first kappa shape index (κ1) is 15.7. The van der Waals surface area contributed by atoms with Gasteiger partial charge in [0.2, 0.25) is 0 Å². The van der Waals surface area contributed by atoms with Gasteiger partial charge in [0.25, 0.3) is 5.91 Å². The van der Waals surface area contributed by atoms with Crippen molar-refractivity contribution in [3.63, 3.8) is 0 Å². The lowest BCUT2D eigenvalue weighted by Gasteiger charge is -2.33. The summed E-state index contributed by atoms with van der Waals surface area (Å²) < 4.78 is 4.83. The van der Waals surface area contributed by atoms with E-state index >= 15 is 0 Å². The van der Waals surface area contributed by atoms with Crippen LogP contribution in [0.15, 0.2) is 35.2 Å². The first-order chi connectivity index (χ1) is 11.2. The van der Waals surface area contributed by atoms with Gasteiger partial charge in [-0.3, -0.25) is 4.79 Å². The molecule has 1 fully saturated rings. The van der Waals surface area contributed by atoms with Gasteiger partial charge >= 0.3 is 5.97 Å². The number of thiazole rings is 1. The van der Waals surface area contributed by atoms with Crippen LogP contribution in [0, 0.1) is 0 Å². The summed E-state index contributed by atoms with van der Waals surface area (Å²) in [7, 11) is 1.36. The summed E-state index contributed by atoms with van der Waals surface area (Å²) in [5, 5.41) is 1.97. The Balaban J connectivity index is 1.80. The fraction of sp³-hybridized carbons (Fsp3) is 0.353. The van der Waals surface area contributed by atoms with E-state index in [1.165, 1.54) is 18.4 Å². The summed E-state index contributed by atoms with van der Waals surface area (Å²) in [6.45, 7) is 0.590. The number of hydrogen-bond acceptors (Lipinski definition) is 5. The van der Waals surface area contributed by atoms with Crippen molar-refractivity contribution < 1.29 is 14.3 Å². The van der Waals surface area contributed by atoms with E-state index in [0.717, 1.165) is 24.1 Å². The fourth-order valence-electron chi connectivity index (χ4n) is 2.86. The number of benzene rings is 1. The predicted octanol–water partition coefficient (Wildman–Crippen LogP) is 2.98. The molecule has 23 heavy (non-hydrogen) atoms. The SMILES string of the molecule is COC(=O)[C@H]1CCCCN1C(=O)c1ccc(-c2cscn2)cc1. The minimum atomic E-state index is -0.473. The third kappa shape index (κ3) is 3.27. The van der Waals surface area contributed by atoms with Crippen molar-refractivity contribution in [1.82, 2.24) is 9.88 Å². The second-order valence-electron chi connectivity index (χ2n) is 5.48. The van der Waals surface area contributed by atoms with Crippen molar-refractivity contribution in [2.45, 2.75) is 25.3 Å². The molecule has 3 rings (SSSR count). The highest BCUT2D eigenvalue weighted by atomic mass is 32.1. The standard InChI is InChI=1S/C17H18N2O3S/c1-22-17(21)15-4-2-3-9-19(15)16(20)13-7-5-12(6-8-13)14-10-23-11-18-14/h5-8,10-11,15H,2-4,9H2,1H3/t15-/m1/s1. The van der Waals surface area contributed by atoms with Crippen molar-refractivity contribution in [1.29, 1.82) is 0 Å². The van der Waals surface area contributed by atoms with E-state index in [9.17, 15) is 9.59 Å². The number of hydrogen-bond donors (Lipinski definition) is 0. The first-order valence-electron chi connectivity index (χ1n) is 7.58. The Morgan fingerprint density at radius 1 is 1.26 bits per heavy atom. The zero-order valence-corrected chi connectivity index (χ0v) is 13.7. The lowest BCUT2D eigenvalue weighted by molar-refractivity contribution is -0.147. The number of likely N-dealkylation sites (tertiary alicyclic amines) is 1. The molecule has 1 aliphatic rings. The van der Waals surface area contributed by atoms with Gasteiger partial charge in [-0.1, -0.05) is 12.1 Å². The van der Waals surface area contributed by atoms with Gasteiger partial charge in [0, 0.05) is 23.1 Å². The van der Waals surface area contributed by atoms with Crippen LogP contribution in [-0.4, -0.2) is 41.5 Å². The zero-order chi connectivity index (χ0) is 16.2. The second-order valence-corrected chi connectivity index (χ2v) is 6.20. The Morgan fingerprint density at radius 2 is 2.04 bits per heavy atom. The molecule has 0 aliphatic carbocycles. The highest BCUT2D eigenvalue weighted by Gasteiger charge is 2.33. The van der Waals surface area contributed by atoms with Gasteiger partial charge in [-0.05, 0) is 31.4 Å². The monoisotopic (exact) mass is 330 g/mol. The highest BCUT2D eigenvalue weighted by Crippen LogP contribution is 2.23. The van der Waals surface area contributed by atoms with Crippen LogP contribution >= 0.6 is 11.3 Å². The third-order valence-electron chi connectivity index (χ3n) is 4.10. The maximum atomic E-state index is 12.7. The normalized spacial score (nSPS) is 17.8. The van der Waals surface area contributed by atoms with E-state index in [0.29, 0.717) is 18.5 Å². The predicted molar refractivity (Wildman–Crippen MR) is 88.2 cm³/mol. The smallest absolute Gasteiger partial charge is 0.328 e. The summed E-state index contributed by atoms with van der Waals surface area (Å²) in [6.07, 6.45) is 2.51. The average molecular weight is 330 g/mol. The third-order valence-corrected chi connectivity index (χ3v) is 4.68. The Hall–Kier alpha value is -2.21. The van der Waals surface area contributed by atoms with E-state index < -0.39 is 6.04 Å². The highest BCUT2D eigenvalue weighted by molar-refractivity contribution is 7.07. The van der Waals surface area contributed by atoms with Crippen molar-refractivity contribution >= 4 is 23.2 Å². The largest absolute Gasteiger partial charge is 0.467 e. The molecule has 0 bridgehead atoms. The van der Waals surface area contributed by atoms with E-state index in [1.54, 1.807) is 22.5 Å². The molecule has 1 atom stereocenters. The zero-order valence-electron chi connectivity index (χ0n) is 12.9. The van der Waals surface area contributed by atoms with Gasteiger partial charge in [-0.15, -0.1) is 11.3 Å². The molecule has 1 aliphatic heterocycles. The van der Waals surface area contributed by atoms with Crippen LogP contribution in [0.5, 0.6) is 0 Å². The van der Waals surface area contributed by atoms with Crippen molar-refractivity contribution in [2.75, 3.05) is 13.7 Å². The maximum Gasteiger partial charge on any atom is 0.328 e. The van der Waals surface area contributed by atoms with Crippen LogP contribution in [0.25, 0.3) is 11.3 Å². The number of esters is 1. The molecule has 0 N–H and O–H groups in total. The molecule has 0 unspecified atom stereocenters. The summed E-state index contributed by atoms with van der Waals surface area (Å²) in [6, 6.07) is 6.89. The van der Waals surface area contributed by atoms with Gasteiger partial charge in [0.05, 0.1) is 18.3 Å². The van der Waals surface area contributed by atoms with Gasteiger partial charge in [0.1, 0.15) is 6.04 Å². The topological polar surface area (TPSA) is 59.5 Å². The lowest BCUT2D eigenvalue weighted by atomic mass is 10.0. The van der Waals surface area contributed by atoms with E-state index in [2.05, 4.69) is 4.98 Å².